The van der Waals surface area contributed by atoms with E-state index in [-0.39, 0.29) is 18.1 Å². The van der Waals surface area contributed by atoms with E-state index in [1.807, 2.05) is 43.0 Å². The van der Waals surface area contributed by atoms with Gasteiger partial charge in [0.1, 0.15) is 18.1 Å². The summed E-state index contributed by atoms with van der Waals surface area (Å²) < 4.78 is 17.3. The Morgan fingerprint density at radius 2 is 1.94 bits per heavy atom. The van der Waals surface area contributed by atoms with E-state index in [9.17, 15) is 4.79 Å². The average Bonchev–Trinajstić information content (AvgIpc) is 3.13. The van der Waals surface area contributed by atoms with Crippen molar-refractivity contribution < 1.29 is 18.8 Å². The molecular weight excluding hydrogens is 406 g/mol. The Labute approximate surface area is 190 Å². The molecule has 0 saturated carbocycles. The number of amides is 1. The van der Waals surface area contributed by atoms with E-state index in [4.69, 9.17) is 14.0 Å². The summed E-state index contributed by atoms with van der Waals surface area (Å²) in [5.41, 5.74) is 2.75. The van der Waals surface area contributed by atoms with Crippen LogP contribution >= 0.6 is 0 Å². The fourth-order valence-corrected chi connectivity index (χ4v) is 5.01. The van der Waals surface area contributed by atoms with Crippen molar-refractivity contribution in [3.63, 3.8) is 0 Å². The van der Waals surface area contributed by atoms with Gasteiger partial charge < -0.3 is 18.9 Å². The lowest BCUT2D eigenvalue weighted by molar-refractivity contribution is -0.0155. The Balaban J connectivity index is 1.57. The number of hydrogen-bond donors (Lipinski definition) is 0. The molecule has 0 spiro atoms. The maximum Gasteiger partial charge on any atom is 0.257 e. The third-order valence-corrected chi connectivity index (χ3v) is 6.85. The van der Waals surface area contributed by atoms with E-state index in [1.54, 1.807) is 7.11 Å². The third kappa shape index (κ3) is 4.99. The van der Waals surface area contributed by atoms with Gasteiger partial charge in [0, 0.05) is 32.3 Å². The zero-order valence-corrected chi connectivity index (χ0v) is 19.5. The minimum atomic E-state index is 0.0548. The van der Waals surface area contributed by atoms with Crippen LogP contribution in [0.4, 0.5) is 0 Å². The zero-order valence-electron chi connectivity index (χ0n) is 19.5. The van der Waals surface area contributed by atoms with Crippen molar-refractivity contribution in [2.75, 3.05) is 33.4 Å². The highest BCUT2D eigenvalue weighted by Gasteiger charge is 2.35. The summed E-state index contributed by atoms with van der Waals surface area (Å²) in [6, 6.07) is 7.72. The first-order valence-corrected chi connectivity index (χ1v) is 11.8. The van der Waals surface area contributed by atoms with Gasteiger partial charge >= 0.3 is 0 Å². The number of hydrogen-bond acceptors (Lipinski definition) is 6. The summed E-state index contributed by atoms with van der Waals surface area (Å²) in [6.07, 6.45) is 5.12. The molecule has 2 aromatic rings. The molecule has 2 aliphatic heterocycles. The number of carbonyl (C=O) groups is 1. The van der Waals surface area contributed by atoms with Crippen LogP contribution in [0.25, 0.3) is 0 Å². The first-order chi connectivity index (χ1) is 15.6. The van der Waals surface area contributed by atoms with Crippen LogP contribution in [0.3, 0.4) is 0 Å². The summed E-state index contributed by atoms with van der Waals surface area (Å²) in [4.78, 5) is 18.0. The molecule has 7 nitrogen and oxygen atoms in total. The zero-order chi connectivity index (χ0) is 22.5. The second kappa shape index (κ2) is 10.5. The number of para-hydroxylation sites is 1. The summed E-state index contributed by atoms with van der Waals surface area (Å²) in [7, 11) is 1.77. The molecule has 1 aromatic carbocycles. The molecule has 0 N–H and O–H groups in total. The number of rotatable bonds is 3. The van der Waals surface area contributed by atoms with Gasteiger partial charge in [-0.1, -0.05) is 23.7 Å². The predicted octanol–water partition coefficient (Wildman–Crippen LogP) is 3.98. The number of ether oxygens (including phenoxy) is 2. The monoisotopic (exact) mass is 441 g/mol. The van der Waals surface area contributed by atoms with E-state index in [2.05, 4.69) is 10.1 Å². The molecule has 1 aromatic heterocycles. The Morgan fingerprint density at radius 1 is 1.09 bits per heavy atom. The van der Waals surface area contributed by atoms with Crippen LogP contribution < -0.4 is 4.74 Å². The van der Waals surface area contributed by atoms with Crippen molar-refractivity contribution in [2.45, 2.75) is 64.6 Å². The molecular formula is C25H35N3O4. The van der Waals surface area contributed by atoms with E-state index < -0.39 is 0 Å². The lowest BCUT2D eigenvalue weighted by Crippen LogP contribution is -2.51. The van der Waals surface area contributed by atoms with Gasteiger partial charge in [-0.2, -0.15) is 0 Å². The second-order valence-electron chi connectivity index (χ2n) is 8.90. The van der Waals surface area contributed by atoms with E-state index >= 15 is 0 Å². The van der Waals surface area contributed by atoms with Gasteiger partial charge in [-0.25, -0.2) is 0 Å². The molecule has 4 rings (SSSR count). The summed E-state index contributed by atoms with van der Waals surface area (Å²) in [5, 5.41) is 4.11. The quantitative estimate of drug-likeness (QED) is 0.718. The van der Waals surface area contributed by atoms with Gasteiger partial charge in [-0.3, -0.25) is 9.69 Å². The van der Waals surface area contributed by atoms with Gasteiger partial charge in [-0.05, 0) is 58.2 Å². The summed E-state index contributed by atoms with van der Waals surface area (Å²) >= 11 is 0. The fourth-order valence-electron chi connectivity index (χ4n) is 5.01. The molecule has 0 unspecified atom stereocenters. The fraction of sp³-hybridized carbons (Fsp3) is 0.600. The van der Waals surface area contributed by atoms with Crippen LogP contribution in [-0.2, 0) is 11.3 Å². The van der Waals surface area contributed by atoms with Crippen molar-refractivity contribution in [1.82, 2.24) is 15.0 Å². The Kier molecular flexibility index (Phi) is 7.48. The van der Waals surface area contributed by atoms with Gasteiger partial charge in [0.2, 0.25) is 0 Å². The standard InChI is InChI=1S/C25H35N3O4/c1-18-21(19(2)32-26-18)17-27-13-7-6-10-22-24(30-3)12-8-14-28(22)25(29)20-9-4-5-11-23(20)31-16-15-27/h4-5,9,11,22,24H,6-8,10,12-17H2,1-3H3/t22-,24-/m1/s1. The first kappa shape index (κ1) is 22.8. The molecule has 2 atom stereocenters. The van der Waals surface area contributed by atoms with Crippen LogP contribution in [0.5, 0.6) is 5.75 Å². The molecule has 2 aliphatic rings. The lowest BCUT2D eigenvalue weighted by Gasteiger charge is -2.41. The van der Waals surface area contributed by atoms with E-state index in [1.165, 1.54) is 0 Å². The number of carbonyl (C=O) groups excluding carboxylic acids is 1. The van der Waals surface area contributed by atoms with Crippen LogP contribution in [0.2, 0.25) is 0 Å². The van der Waals surface area contributed by atoms with Crippen LogP contribution in [0.1, 0.15) is 59.5 Å². The highest BCUT2D eigenvalue weighted by Crippen LogP contribution is 2.29. The number of benzene rings is 1. The van der Waals surface area contributed by atoms with Crippen molar-refractivity contribution in [1.29, 1.82) is 0 Å². The topological polar surface area (TPSA) is 68.0 Å². The maximum absolute atomic E-state index is 13.5. The van der Waals surface area contributed by atoms with E-state index in [0.717, 1.165) is 75.3 Å². The third-order valence-electron chi connectivity index (χ3n) is 6.85. The predicted molar refractivity (Wildman–Crippen MR) is 122 cm³/mol. The SMILES string of the molecule is CO[C@@H]1CCCN2C(=O)c3ccccc3OCCN(Cc3c(C)noc3C)CCCC[C@H]12. The van der Waals surface area contributed by atoms with Gasteiger partial charge in [0.15, 0.2) is 0 Å². The molecule has 0 aliphatic carbocycles. The van der Waals surface area contributed by atoms with Crippen molar-refractivity contribution in [3.8, 4) is 5.75 Å². The number of methoxy groups -OCH3 is 1. The smallest absolute Gasteiger partial charge is 0.257 e. The maximum atomic E-state index is 13.5. The molecule has 1 fully saturated rings. The number of fused-ring (bicyclic) bond motifs is 2. The number of aromatic nitrogens is 1. The van der Waals surface area contributed by atoms with Crippen molar-refractivity contribution in [2.24, 2.45) is 0 Å². The highest BCUT2D eigenvalue weighted by atomic mass is 16.5. The molecule has 32 heavy (non-hydrogen) atoms. The molecule has 3 heterocycles. The summed E-state index contributed by atoms with van der Waals surface area (Å²) in [6.45, 7) is 7.80. The van der Waals surface area contributed by atoms with E-state index in [0.29, 0.717) is 17.9 Å². The second-order valence-corrected chi connectivity index (χ2v) is 8.90. The Morgan fingerprint density at radius 3 is 2.72 bits per heavy atom. The average molecular weight is 442 g/mol. The molecule has 0 bridgehead atoms. The number of aryl methyl sites for hydroxylation is 2. The Bertz CT molecular complexity index is 893. The van der Waals surface area contributed by atoms with Crippen molar-refractivity contribution in [3.05, 3.63) is 46.8 Å². The molecule has 0 radical (unpaired) electrons. The Hall–Kier alpha value is -2.38. The molecule has 174 valence electrons. The highest BCUT2D eigenvalue weighted by molar-refractivity contribution is 5.97. The van der Waals surface area contributed by atoms with Gasteiger partial charge in [0.25, 0.3) is 5.91 Å². The van der Waals surface area contributed by atoms with Crippen LogP contribution in [0, 0.1) is 13.8 Å². The number of nitrogens with zero attached hydrogens (tertiary/aromatic N) is 3. The lowest BCUT2D eigenvalue weighted by atomic mass is 9.93. The molecule has 1 amide bonds. The van der Waals surface area contributed by atoms with Crippen LogP contribution in [0.15, 0.2) is 28.8 Å². The van der Waals surface area contributed by atoms with Crippen LogP contribution in [-0.4, -0.2) is 66.4 Å². The van der Waals surface area contributed by atoms with Gasteiger partial charge in [-0.15, -0.1) is 0 Å². The molecule has 1 saturated heterocycles. The van der Waals surface area contributed by atoms with Crippen molar-refractivity contribution >= 4 is 5.91 Å². The number of piperidine rings is 1. The minimum absolute atomic E-state index is 0.0548. The first-order valence-electron chi connectivity index (χ1n) is 11.8. The minimum Gasteiger partial charge on any atom is -0.491 e. The molecule has 7 heteroatoms. The van der Waals surface area contributed by atoms with Gasteiger partial charge in [0.05, 0.1) is 23.4 Å². The normalized spacial score (nSPS) is 23.3. The largest absolute Gasteiger partial charge is 0.491 e. The summed E-state index contributed by atoms with van der Waals surface area (Å²) in [5.74, 6) is 1.59.